The molecule has 0 aromatic carbocycles. The van der Waals surface area contributed by atoms with E-state index in [9.17, 15) is 19.2 Å². The number of esters is 4. The largest absolute Gasteiger partial charge is 0.392 e. The average molecular weight is 246 g/mol. The first-order valence-corrected chi connectivity index (χ1v) is 4.86. The van der Waals surface area contributed by atoms with Gasteiger partial charge in [-0.05, 0) is 6.42 Å². The van der Waals surface area contributed by atoms with Crippen LogP contribution in [0.3, 0.4) is 0 Å². The van der Waals surface area contributed by atoms with Crippen LogP contribution in [0.2, 0.25) is 0 Å². The minimum atomic E-state index is -0.837. The van der Waals surface area contributed by atoms with Crippen molar-refractivity contribution in [1.82, 2.24) is 0 Å². The number of hydrogen-bond donors (Lipinski definition) is 2. The third kappa shape index (κ3) is 8.05. The summed E-state index contributed by atoms with van der Waals surface area (Å²) in [6, 6.07) is 0. The lowest BCUT2D eigenvalue weighted by Gasteiger charge is -2.02. The van der Waals surface area contributed by atoms with Crippen molar-refractivity contribution in [2.45, 2.75) is 19.3 Å². The van der Waals surface area contributed by atoms with E-state index >= 15 is 0 Å². The van der Waals surface area contributed by atoms with Gasteiger partial charge in [0.05, 0.1) is 13.1 Å². The lowest BCUT2D eigenvalue weighted by atomic mass is 10.2. The first kappa shape index (κ1) is 15.2. The molecule has 0 atom stereocenters. The molecule has 0 aliphatic heterocycles. The SMILES string of the molecule is NCC(=O)OC(=O)CCCC(=O)OC(=O)CN. The van der Waals surface area contributed by atoms with E-state index < -0.39 is 37.0 Å². The molecular weight excluding hydrogens is 232 g/mol. The fourth-order valence-electron chi connectivity index (χ4n) is 0.816. The van der Waals surface area contributed by atoms with E-state index in [1.54, 1.807) is 0 Å². The smallest absolute Gasteiger partial charge is 0.327 e. The van der Waals surface area contributed by atoms with E-state index in [0.29, 0.717) is 0 Å². The normalized spacial score (nSPS) is 9.53. The van der Waals surface area contributed by atoms with Crippen LogP contribution in [-0.4, -0.2) is 37.0 Å². The molecule has 0 fully saturated rings. The number of rotatable bonds is 6. The highest BCUT2D eigenvalue weighted by atomic mass is 16.6. The summed E-state index contributed by atoms with van der Waals surface area (Å²) in [5.74, 6) is -3.23. The van der Waals surface area contributed by atoms with Gasteiger partial charge >= 0.3 is 23.9 Å². The Labute approximate surface area is 97.2 Å². The maximum Gasteiger partial charge on any atom is 0.327 e. The minimum Gasteiger partial charge on any atom is -0.392 e. The third-order valence-electron chi connectivity index (χ3n) is 1.55. The van der Waals surface area contributed by atoms with Crippen LogP contribution in [0.4, 0.5) is 0 Å². The van der Waals surface area contributed by atoms with Crippen LogP contribution in [-0.2, 0) is 28.7 Å². The summed E-state index contributed by atoms with van der Waals surface area (Å²) >= 11 is 0. The van der Waals surface area contributed by atoms with Gasteiger partial charge in [0.1, 0.15) is 0 Å². The van der Waals surface area contributed by atoms with Crippen LogP contribution < -0.4 is 11.5 Å². The van der Waals surface area contributed by atoms with Crippen LogP contribution in [0.1, 0.15) is 19.3 Å². The van der Waals surface area contributed by atoms with Gasteiger partial charge in [0.25, 0.3) is 0 Å². The highest BCUT2D eigenvalue weighted by molar-refractivity contribution is 5.88. The highest BCUT2D eigenvalue weighted by Crippen LogP contribution is 2.00. The first-order valence-electron chi connectivity index (χ1n) is 4.86. The second-order valence-corrected chi connectivity index (χ2v) is 2.95. The van der Waals surface area contributed by atoms with E-state index in [1.165, 1.54) is 0 Å². The topological polar surface area (TPSA) is 139 Å². The van der Waals surface area contributed by atoms with Gasteiger partial charge in [-0.3, -0.25) is 19.2 Å². The molecule has 0 amide bonds. The van der Waals surface area contributed by atoms with E-state index in [0.717, 1.165) is 0 Å². The summed E-state index contributed by atoms with van der Waals surface area (Å²) in [6.07, 6.45) is -0.178. The Morgan fingerprint density at radius 2 is 1.06 bits per heavy atom. The summed E-state index contributed by atoms with van der Waals surface area (Å²) in [4.78, 5) is 43.0. The Hall–Kier alpha value is -1.80. The summed E-state index contributed by atoms with van der Waals surface area (Å²) in [7, 11) is 0. The summed E-state index contributed by atoms with van der Waals surface area (Å²) in [6.45, 7) is -0.780. The quantitative estimate of drug-likeness (QED) is 0.414. The molecule has 0 unspecified atom stereocenters. The predicted molar refractivity (Wildman–Crippen MR) is 54.2 cm³/mol. The first-order chi connectivity index (χ1) is 7.99. The molecule has 96 valence electrons. The molecule has 0 bridgehead atoms. The number of carbonyl (C=O) groups is 4. The van der Waals surface area contributed by atoms with Gasteiger partial charge in [-0.25, -0.2) is 0 Å². The third-order valence-corrected chi connectivity index (χ3v) is 1.55. The summed E-state index contributed by atoms with van der Waals surface area (Å²) in [5.41, 5.74) is 9.83. The second kappa shape index (κ2) is 8.36. The monoisotopic (exact) mass is 246 g/mol. The van der Waals surface area contributed by atoms with Gasteiger partial charge in [-0.15, -0.1) is 0 Å². The van der Waals surface area contributed by atoms with Gasteiger partial charge in [0, 0.05) is 12.8 Å². The predicted octanol–water partition coefficient (Wildman–Crippen LogP) is -1.79. The molecule has 0 saturated carbocycles. The van der Waals surface area contributed by atoms with Gasteiger partial charge < -0.3 is 20.9 Å². The zero-order chi connectivity index (χ0) is 13.3. The molecule has 0 aliphatic carbocycles. The molecule has 17 heavy (non-hydrogen) atoms. The van der Waals surface area contributed by atoms with Crippen LogP contribution in [0.15, 0.2) is 0 Å². The molecule has 0 heterocycles. The molecule has 8 nitrogen and oxygen atoms in total. The molecule has 8 heteroatoms. The molecule has 0 saturated heterocycles. The van der Waals surface area contributed by atoms with E-state index in [1.807, 2.05) is 0 Å². The summed E-state index contributed by atoms with van der Waals surface area (Å²) < 4.78 is 8.48. The van der Waals surface area contributed by atoms with E-state index in [-0.39, 0.29) is 19.3 Å². The summed E-state index contributed by atoms with van der Waals surface area (Å²) in [5, 5.41) is 0. The zero-order valence-corrected chi connectivity index (χ0v) is 9.14. The molecule has 0 aromatic heterocycles. The molecule has 0 radical (unpaired) electrons. The Kier molecular flexibility index (Phi) is 7.48. The maximum absolute atomic E-state index is 10.9. The Morgan fingerprint density at radius 3 is 1.35 bits per heavy atom. The fraction of sp³-hybridized carbons (Fsp3) is 0.556. The van der Waals surface area contributed by atoms with Crippen molar-refractivity contribution in [3.05, 3.63) is 0 Å². The van der Waals surface area contributed by atoms with Crippen molar-refractivity contribution >= 4 is 23.9 Å². The van der Waals surface area contributed by atoms with Crippen molar-refractivity contribution in [3.63, 3.8) is 0 Å². The Balaban J connectivity index is 3.69. The minimum absolute atomic E-state index is 0.105. The van der Waals surface area contributed by atoms with Gasteiger partial charge in [0.15, 0.2) is 0 Å². The molecule has 4 N–H and O–H groups in total. The van der Waals surface area contributed by atoms with E-state index in [2.05, 4.69) is 9.47 Å². The molecular formula is C9H14N2O6. The standard InChI is InChI=1S/C9H14N2O6/c10-4-8(14)16-6(12)2-1-3-7(13)17-9(15)5-11/h1-5,10-11H2. The molecule has 0 spiro atoms. The molecule has 0 aliphatic rings. The maximum atomic E-state index is 10.9. The average Bonchev–Trinajstić information content (AvgIpc) is 2.28. The van der Waals surface area contributed by atoms with Crippen molar-refractivity contribution in [2.24, 2.45) is 11.5 Å². The van der Waals surface area contributed by atoms with Crippen molar-refractivity contribution in [2.75, 3.05) is 13.1 Å². The van der Waals surface area contributed by atoms with Crippen molar-refractivity contribution < 1.29 is 28.7 Å². The number of hydrogen-bond acceptors (Lipinski definition) is 8. The highest BCUT2D eigenvalue weighted by Gasteiger charge is 2.12. The van der Waals surface area contributed by atoms with Gasteiger partial charge in [-0.1, -0.05) is 0 Å². The van der Waals surface area contributed by atoms with Crippen LogP contribution in [0, 0.1) is 0 Å². The molecule has 0 rings (SSSR count). The fourth-order valence-corrected chi connectivity index (χ4v) is 0.816. The van der Waals surface area contributed by atoms with Crippen LogP contribution >= 0.6 is 0 Å². The van der Waals surface area contributed by atoms with Crippen molar-refractivity contribution in [1.29, 1.82) is 0 Å². The van der Waals surface area contributed by atoms with Gasteiger partial charge in [0.2, 0.25) is 0 Å². The lowest BCUT2D eigenvalue weighted by Crippen LogP contribution is -2.22. The number of ether oxygens (including phenoxy) is 2. The van der Waals surface area contributed by atoms with E-state index in [4.69, 9.17) is 11.5 Å². The molecule has 0 aromatic rings. The number of nitrogens with two attached hydrogens (primary N) is 2. The second-order valence-electron chi connectivity index (χ2n) is 2.95. The lowest BCUT2D eigenvalue weighted by molar-refractivity contribution is -0.158. The van der Waals surface area contributed by atoms with Crippen molar-refractivity contribution in [3.8, 4) is 0 Å². The van der Waals surface area contributed by atoms with Crippen LogP contribution in [0.5, 0.6) is 0 Å². The Bertz CT molecular complexity index is 285. The number of carbonyl (C=O) groups excluding carboxylic acids is 4. The Morgan fingerprint density at radius 1 is 0.706 bits per heavy atom. The van der Waals surface area contributed by atoms with Crippen LogP contribution in [0.25, 0.3) is 0 Å². The van der Waals surface area contributed by atoms with Gasteiger partial charge in [-0.2, -0.15) is 0 Å². The zero-order valence-electron chi connectivity index (χ0n) is 9.14.